The molecule has 0 unspecified atom stereocenters. The predicted octanol–water partition coefficient (Wildman–Crippen LogP) is 3.86. The molecule has 0 atom stereocenters. The van der Waals surface area contributed by atoms with Crippen LogP contribution in [0, 0.1) is 0 Å². The van der Waals surface area contributed by atoms with Gasteiger partial charge in [0.05, 0.1) is 28.8 Å². The largest absolute Gasteiger partial charge is 0.493 e. The molecular weight excluding hydrogens is 392 g/mol. The molecule has 1 aliphatic rings. The quantitative estimate of drug-likeness (QED) is 0.486. The van der Waals surface area contributed by atoms with Gasteiger partial charge in [-0.25, -0.2) is 4.98 Å². The van der Waals surface area contributed by atoms with Crippen LogP contribution in [0.5, 0.6) is 5.75 Å². The Morgan fingerprint density at radius 1 is 0.968 bits per heavy atom. The van der Waals surface area contributed by atoms with Crippen molar-refractivity contribution in [2.45, 2.75) is 13.3 Å². The van der Waals surface area contributed by atoms with Crippen molar-refractivity contribution in [2.24, 2.45) is 0 Å². The number of para-hydroxylation sites is 1. The normalized spacial score (nSPS) is 13.1. The molecule has 0 spiro atoms. The Labute approximate surface area is 178 Å². The Bertz CT molecular complexity index is 1300. The fraction of sp³-hybridized carbons (Fsp3) is 0.167. The SMILES string of the molecule is CCOc1ccccc1-c1[nH]nc2ncc3c(c12)C(=O)N(CCc1ccccc1)C3=O. The van der Waals surface area contributed by atoms with E-state index in [0.717, 1.165) is 11.1 Å². The minimum atomic E-state index is -0.324. The predicted molar refractivity (Wildman–Crippen MR) is 116 cm³/mol. The van der Waals surface area contributed by atoms with Gasteiger partial charge in [0.1, 0.15) is 5.75 Å². The van der Waals surface area contributed by atoms with Crippen LogP contribution in [0.15, 0.2) is 60.8 Å². The number of pyridine rings is 1. The molecule has 31 heavy (non-hydrogen) atoms. The topological polar surface area (TPSA) is 88.2 Å². The van der Waals surface area contributed by atoms with E-state index in [0.29, 0.717) is 53.2 Å². The number of benzene rings is 2. The van der Waals surface area contributed by atoms with Gasteiger partial charge in [0.25, 0.3) is 11.8 Å². The van der Waals surface area contributed by atoms with Gasteiger partial charge in [0.2, 0.25) is 0 Å². The number of carbonyl (C=O) groups is 2. The second kappa shape index (κ2) is 7.68. The van der Waals surface area contributed by atoms with E-state index < -0.39 is 0 Å². The summed E-state index contributed by atoms with van der Waals surface area (Å²) in [5, 5.41) is 7.82. The molecule has 0 saturated heterocycles. The molecule has 0 fully saturated rings. The van der Waals surface area contributed by atoms with Crippen LogP contribution in [0.4, 0.5) is 0 Å². The maximum absolute atomic E-state index is 13.3. The molecule has 2 amide bonds. The zero-order valence-corrected chi connectivity index (χ0v) is 17.0. The van der Waals surface area contributed by atoms with Crippen LogP contribution in [-0.4, -0.2) is 45.0 Å². The maximum Gasteiger partial charge on any atom is 0.263 e. The van der Waals surface area contributed by atoms with Crippen LogP contribution in [0.2, 0.25) is 0 Å². The van der Waals surface area contributed by atoms with Crippen molar-refractivity contribution >= 4 is 22.8 Å². The first-order chi connectivity index (χ1) is 15.2. The van der Waals surface area contributed by atoms with E-state index in [-0.39, 0.29) is 11.8 Å². The Morgan fingerprint density at radius 2 is 1.74 bits per heavy atom. The number of nitrogens with zero attached hydrogens (tertiary/aromatic N) is 3. The average molecular weight is 412 g/mol. The van der Waals surface area contributed by atoms with Gasteiger partial charge in [-0.2, -0.15) is 5.10 Å². The van der Waals surface area contributed by atoms with E-state index in [4.69, 9.17) is 4.74 Å². The van der Waals surface area contributed by atoms with Crippen molar-refractivity contribution in [3.63, 3.8) is 0 Å². The second-order valence-electron chi connectivity index (χ2n) is 7.27. The molecule has 0 saturated carbocycles. The molecule has 0 radical (unpaired) electrons. The van der Waals surface area contributed by atoms with Crippen molar-refractivity contribution in [3.05, 3.63) is 77.5 Å². The molecule has 154 valence electrons. The number of aromatic nitrogens is 3. The highest BCUT2D eigenvalue weighted by atomic mass is 16.5. The van der Waals surface area contributed by atoms with E-state index in [9.17, 15) is 9.59 Å². The first-order valence-corrected chi connectivity index (χ1v) is 10.2. The van der Waals surface area contributed by atoms with Crippen LogP contribution in [-0.2, 0) is 6.42 Å². The van der Waals surface area contributed by atoms with Crippen molar-refractivity contribution < 1.29 is 14.3 Å². The molecule has 0 bridgehead atoms. The van der Waals surface area contributed by atoms with Gasteiger partial charge < -0.3 is 4.74 Å². The van der Waals surface area contributed by atoms with E-state index >= 15 is 0 Å². The zero-order chi connectivity index (χ0) is 21.4. The summed E-state index contributed by atoms with van der Waals surface area (Å²) in [6.45, 7) is 2.72. The highest BCUT2D eigenvalue weighted by Gasteiger charge is 2.38. The molecule has 1 N–H and O–H groups in total. The van der Waals surface area contributed by atoms with Crippen molar-refractivity contribution in [1.82, 2.24) is 20.1 Å². The molecule has 4 aromatic rings. The number of aromatic amines is 1. The number of hydrogen-bond donors (Lipinski definition) is 1. The number of H-pyrrole nitrogens is 1. The van der Waals surface area contributed by atoms with E-state index in [1.807, 2.05) is 61.5 Å². The number of fused-ring (bicyclic) bond motifs is 3. The lowest BCUT2D eigenvalue weighted by molar-refractivity contribution is 0.0656. The number of rotatable bonds is 6. The van der Waals surface area contributed by atoms with Crippen LogP contribution in [0.25, 0.3) is 22.3 Å². The highest BCUT2D eigenvalue weighted by Crippen LogP contribution is 2.37. The standard InChI is InChI=1S/C24H20N4O3/c1-2-31-18-11-7-6-10-16(18)21-20-19-17(14-25-22(20)27-26-21)23(29)28(24(19)30)13-12-15-8-4-3-5-9-15/h3-11,14H,2,12-13H2,1H3,(H,25,26,27). The van der Waals surface area contributed by atoms with Crippen LogP contribution in [0.1, 0.15) is 33.2 Å². The number of carbonyl (C=O) groups excluding carboxylic acids is 2. The van der Waals surface area contributed by atoms with Crippen LogP contribution in [0.3, 0.4) is 0 Å². The fourth-order valence-corrected chi connectivity index (χ4v) is 3.98. The molecule has 1 aliphatic heterocycles. The van der Waals surface area contributed by atoms with Gasteiger partial charge in [-0.15, -0.1) is 0 Å². The Hall–Kier alpha value is -4.00. The minimum Gasteiger partial charge on any atom is -0.493 e. The molecule has 2 aromatic heterocycles. The molecular formula is C24H20N4O3. The number of imide groups is 1. The molecule has 2 aromatic carbocycles. The van der Waals surface area contributed by atoms with Gasteiger partial charge in [0.15, 0.2) is 5.65 Å². The third-order valence-electron chi connectivity index (χ3n) is 5.44. The molecule has 0 aliphatic carbocycles. The zero-order valence-electron chi connectivity index (χ0n) is 17.0. The van der Waals surface area contributed by atoms with Gasteiger partial charge >= 0.3 is 0 Å². The van der Waals surface area contributed by atoms with E-state index in [1.54, 1.807) is 0 Å². The summed E-state index contributed by atoms with van der Waals surface area (Å²) in [6.07, 6.45) is 2.04. The lowest BCUT2D eigenvalue weighted by Crippen LogP contribution is -2.31. The molecule has 7 nitrogen and oxygen atoms in total. The summed E-state index contributed by atoms with van der Waals surface area (Å²) in [7, 11) is 0. The summed E-state index contributed by atoms with van der Waals surface area (Å²) in [4.78, 5) is 32.0. The van der Waals surface area contributed by atoms with Gasteiger partial charge in [0, 0.05) is 18.3 Å². The highest BCUT2D eigenvalue weighted by molar-refractivity contribution is 6.27. The molecule has 3 heterocycles. The number of hydrogen-bond acceptors (Lipinski definition) is 5. The first-order valence-electron chi connectivity index (χ1n) is 10.2. The minimum absolute atomic E-state index is 0.306. The van der Waals surface area contributed by atoms with Crippen LogP contribution < -0.4 is 4.74 Å². The summed E-state index contributed by atoms with van der Waals surface area (Å²) in [5.74, 6) is 0.0290. The Morgan fingerprint density at radius 3 is 2.55 bits per heavy atom. The number of nitrogens with one attached hydrogen (secondary N) is 1. The molecule has 7 heteroatoms. The maximum atomic E-state index is 13.3. The average Bonchev–Trinajstić information content (AvgIpc) is 3.33. The lowest BCUT2D eigenvalue weighted by Gasteiger charge is -2.13. The smallest absolute Gasteiger partial charge is 0.263 e. The van der Waals surface area contributed by atoms with Gasteiger partial charge in [-0.05, 0) is 31.0 Å². The number of amides is 2. The first kappa shape index (κ1) is 19.0. The van der Waals surface area contributed by atoms with Gasteiger partial charge in [-0.1, -0.05) is 42.5 Å². The monoisotopic (exact) mass is 412 g/mol. The number of ether oxygens (including phenoxy) is 1. The van der Waals surface area contributed by atoms with Crippen LogP contribution >= 0.6 is 0 Å². The Kier molecular flexibility index (Phi) is 4.71. The van der Waals surface area contributed by atoms with Gasteiger partial charge in [-0.3, -0.25) is 19.6 Å². The summed E-state index contributed by atoms with van der Waals surface area (Å²) < 4.78 is 5.76. The van der Waals surface area contributed by atoms with Crippen molar-refractivity contribution in [3.8, 4) is 17.0 Å². The van der Waals surface area contributed by atoms with Crippen molar-refractivity contribution in [1.29, 1.82) is 0 Å². The Balaban J connectivity index is 1.57. The summed E-state index contributed by atoms with van der Waals surface area (Å²) >= 11 is 0. The summed E-state index contributed by atoms with van der Waals surface area (Å²) in [6, 6.07) is 17.3. The lowest BCUT2D eigenvalue weighted by atomic mass is 10.0. The van der Waals surface area contributed by atoms with E-state index in [1.165, 1.54) is 11.1 Å². The van der Waals surface area contributed by atoms with E-state index in [2.05, 4.69) is 15.2 Å². The summed E-state index contributed by atoms with van der Waals surface area (Å²) in [5.41, 5.74) is 3.50. The molecule has 5 rings (SSSR count). The fourth-order valence-electron chi connectivity index (χ4n) is 3.98. The van der Waals surface area contributed by atoms with Crippen molar-refractivity contribution in [2.75, 3.05) is 13.2 Å². The third kappa shape index (κ3) is 3.15. The second-order valence-corrected chi connectivity index (χ2v) is 7.27. The third-order valence-corrected chi connectivity index (χ3v) is 5.44.